The highest BCUT2D eigenvalue weighted by atomic mass is 19.1. The van der Waals surface area contributed by atoms with Gasteiger partial charge in [-0.1, -0.05) is 6.07 Å². The number of hydrogen-bond acceptors (Lipinski definition) is 3. The molecule has 0 fully saturated rings. The first-order valence-electron chi connectivity index (χ1n) is 9.92. The lowest BCUT2D eigenvalue weighted by molar-refractivity contribution is 0.422. The second kappa shape index (κ2) is 6.86. The molecular formula is C23H20F2N4O. The summed E-state index contributed by atoms with van der Waals surface area (Å²) >= 11 is 0. The zero-order valence-corrected chi connectivity index (χ0v) is 16.7. The molecule has 5 rings (SSSR count). The first kappa shape index (κ1) is 18.7. The van der Waals surface area contributed by atoms with Crippen LogP contribution in [0.5, 0.6) is 0 Å². The minimum atomic E-state index is -0.450. The Kier molecular flexibility index (Phi) is 4.27. The summed E-state index contributed by atoms with van der Waals surface area (Å²) in [7, 11) is 0. The first-order valence-corrected chi connectivity index (χ1v) is 9.92. The molecule has 0 aliphatic carbocycles. The van der Waals surface area contributed by atoms with Gasteiger partial charge in [0.05, 0.1) is 11.2 Å². The van der Waals surface area contributed by atoms with E-state index < -0.39 is 5.82 Å². The molecule has 1 aliphatic rings. The molecule has 1 unspecified atom stereocenters. The van der Waals surface area contributed by atoms with Crippen LogP contribution in [0.15, 0.2) is 41.2 Å². The number of pyridine rings is 1. The van der Waals surface area contributed by atoms with E-state index in [-0.39, 0.29) is 17.2 Å². The number of H-pyrrole nitrogens is 1. The minimum Gasteiger partial charge on any atom is -0.351 e. The molecule has 0 saturated carbocycles. The summed E-state index contributed by atoms with van der Waals surface area (Å²) in [5.74, 6) is 0.766. The molecule has 0 bridgehead atoms. The van der Waals surface area contributed by atoms with Gasteiger partial charge >= 0.3 is 0 Å². The van der Waals surface area contributed by atoms with Gasteiger partial charge in [0.25, 0.3) is 0 Å². The Hall–Kier alpha value is -3.35. The van der Waals surface area contributed by atoms with E-state index in [9.17, 15) is 13.6 Å². The third-order valence-electron chi connectivity index (χ3n) is 5.82. The van der Waals surface area contributed by atoms with Crippen LogP contribution in [-0.4, -0.2) is 19.7 Å². The number of rotatable bonds is 2. The van der Waals surface area contributed by atoms with Gasteiger partial charge in [0, 0.05) is 29.8 Å². The van der Waals surface area contributed by atoms with E-state index in [2.05, 4.69) is 15.1 Å². The fourth-order valence-corrected chi connectivity index (χ4v) is 4.27. The van der Waals surface area contributed by atoms with E-state index in [1.165, 1.54) is 18.2 Å². The van der Waals surface area contributed by atoms with Crippen molar-refractivity contribution in [1.29, 1.82) is 0 Å². The standard InChI is InChI=1S/C23H20F2N4O/c1-12-7-15(9-17(25)8-12)14-3-6-20-27-23(28-29(20)11-14)21-13(2)22(30)18-10-16(24)4-5-19(18)26-21/h4-5,7-10,14H,3,6,11H2,1-2H3,(H,26,30). The summed E-state index contributed by atoms with van der Waals surface area (Å²) in [5, 5.41) is 4.94. The average molecular weight is 406 g/mol. The number of hydrogen-bond donors (Lipinski definition) is 1. The number of aryl methyl sites for hydroxylation is 2. The minimum absolute atomic E-state index is 0.154. The summed E-state index contributed by atoms with van der Waals surface area (Å²) in [6, 6.07) is 9.23. The predicted molar refractivity (Wildman–Crippen MR) is 110 cm³/mol. The molecule has 5 nitrogen and oxygen atoms in total. The number of aromatic nitrogens is 4. The van der Waals surface area contributed by atoms with E-state index in [1.54, 1.807) is 19.1 Å². The SMILES string of the molecule is Cc1cc(F)cc(C2CCc3nc(-c4[nH]c5ccc(F)cc5c(=O)c4C)nn3C2)c1. The van der Waals surface area contributed by atoms with Crippen molar-refractivity contribution in [3.63, 3.8) is 0 Å². The average Bonchev–Trinajstić information content (AvgIpc) is 3.13. The molecule has 4 aromatic rings. The van der Waals surface area contributed by atoms with Crippen molar-refractivity contribution in [3.8, 4) is 11.5 Å². The number of nitrogens with zero attached hydrogens (tertiary/aromatic N) is 3. The molecule has 0 spiro atoms. The molecular weight excluding hydrogens is 386 g/mol. The second-order valence-electron chi connectivity index (χ2n) is 7.98. The molecule has 3 heterocycles. The third-order valence-corrected chi connectivity index (χ3v) is 5.82. The van der Waals surface area contributed by atoms with Crippen LogP contribution in [0.25, 0.3) is 22.4 Å². The molecule has 0 radical (unpaired) electrons. The molecule has 0 saturated heterocycles. The number of fused-ring (bicyclic) bond motifs is 2. The highest BCUT2D eigenvalue weighted by Gasteiger charge is 2.25. The smallest absolute Gasteiger partial charge is 0.198 e. The lowest BCUT2D eigenvalue weighted by atomic mass is 9.91. The lowest BCUT2D eigenvalue weighted by Gasteiger charge is -2.23. The van der Waals surface area contributed by atoms with Gasteiger partial charge in [0.1, 0.15) is 17.5 Å². The fourth-order valence-electron chi connectivity index (χ4n) is 4.27. The van der Waals surface area contributed by atoms with Crippen LogP contribution in [-0.2, 0) is 13.0 Å². The number of benzene rings is 2. The zero-order valence-electron chi connectivity index (χ0n) is 16.7. The molecule has 2 aromatic carbocycles. The largest absolute Gasteiger partial charge is 0.351 e. The van der Waals surface area contributed by atoms with Crippen molar-refractivity contribution in [1.82, 2.24) is 19.7 Å². The van der Waals surface area contributed by atoms with E-state index >= 15 is 0 Å². The number of aromatic amines is 1. The Bertz CT molecular complexity index is 1340. The predicted octanol–water partition coefficient (Wildman–Crippen LogP) is 4.41. The van der Waals surface area contributed by atoms with Crippen molar-refractivity contribution in [2.24, 2.45) is 0 Å². The molecule has 1 atom stereocenters. The molecule has 2 aromatic heterocycles. The van der Waals surface area contributed by atoms with E-state index in [0.717, 1.165) is 29.8 Å². The lowest BCUT2D eigenvalue weighted by Crippen LogP contribution is -2.20. The van der Waals surface area contributed by atoms with Gasteiger partial charge in [-0.2, -0.15) is 0 Å². The van der Waals surface area contributed by atoms with Crippen molar-refractivity contribution >= 4 is 10.9 Å². The van der Waals surface area contributed by atoms with Crippen LogP contribution in [0.4, 0.5) is 8.78 Å². The summed E-state index contributed by atoms with van der Waals surface area (Å²) in [4.78, 5) is 20.6. The summed E-state index contributed by atoms with van der Waals surface area (Å²) in [5.41, 5.74) is 3.16. The molecule has 30 heavy (non-hydrogen) atoms. The highest BCUT2D eigenvalue weighted by Crippen LogP contribution is 2.30. The van der Waals surface area contributed by atoms with E-state index in [4.69, 9.17) is 0 Å². The van der Waals surface area contributed by atoms with Gasteiger partial charge in [-0.25, -0.2) is 18.4 Å². The maximum absolute atomic E-state index is 13.8. The van der Waals surface area contributed by atoms with Crippen molar-refractivity contribution in [2.75, 3.05) is 0 Å². The Morgan fingerprint density at radius 2 is 1.93 bits per heavy atom. The maximum Gasteiger partial charge on any atom is 0.198 e. The summed E-state index contributed by atoms with van der Waals surface area (Å²) < 4.78 is 29.2. The van der Waals surface area contributed by atoms with Crippen LogP contribution < -0.4 is 5.43 Å². The summed E-state index contributed by atoms with van der Waals surface area (Å²) in [6.45, 7) is 4.18. The Morgan fingerprint density at radius 3 is 2.73 bits per heavy atom. The quantitative estimate of drug-likeness (QED) is 0.536. The van der Waals surface area contributed by atoms with Gasteiger partial charge < -0.3 is 4.98 Å². The van der Waals surface area contributed by atoms with Crippen LogP contribution in [0, 0.1) is 25.5 Å². The monoisotopic (exact) mass is 406 g/mol. The van der Waals surface area contributed by atoms with Crippen LogP contribution in [0.1, 0.15) is 34.9 Å². The normalized spacial score (nSPS) is 16.1. The third kappa shape index (κ3) is 3.10. The van der Waals surface area contributed by atoms with Crippen LogP contribution in [0.2, 0.25) is 0 Å². The summed E-state index contributed by atoms with van der Waals surface area (Å²) in [6.07, 6.45) is 1.57. The Morgan fingerprint density at radius 1 is 1.10 bits per heavy atom. The second-order valence-corrected chi connectivity index (χ2v) is 7.98. The van der Waals surface area contributed by atoms with Crippen molar-refractivity contribution < 1.29 is 8.78 Å². The van der Waals surface area contributed by atoms with Crippen LogP contribution in [0.3, 0.4) is 0 Å². The van der Waals surface area contributed by atoms with Crippen molar-refractivity contribution in [3.05, 3.63) is 80.8 Å². The Balaban J connectivity index is 1.54. The fraction of sp³-hybridized carbons (Fsp3) is 0.261. The van der Waals surface area contributed by atoms with Gasteiger partial charge in [0.15, 0.2) is 11.3 Å². The molecule has 152 valence electrons. The number of nitrogens with one attached hydrogen (secondary N) is 1. The number of halogens is 2. The van der Waals surface area contributed by atoms with Gasteiger partial charge in [-0.3, -0.25) is 4.79 Å². The van der Waals surface area contributed by atoms with Gasteiger partial charge in [-0.05, 0) is 61.7 Å². The maximum atomic E-state index is 13.8. The van der Waals surface area contributed by atoms with Gasteiger partial charge in [-0.15, -0.1) is 5.10 Å². The first-order chi connectivity index (χ1) is 14.4. The molecule has 1 N–H and O–H groups in total. The van der Waals surface area contributed by atoms with E-state index in [1.807, 2.05) is 17.7 Å². The Labute approximate surface area is 171 Å². The highest BCUT2D eigenvalue weighted by molar-refractivity contribution is 5.82. The molecule has 7 heteroatoms. The topological polar surface area (TPSA) is 63.6 Å². The molecule has 1 aliphatic heterocycles. The van der Waals surface area contributed by atoms with Gasteiger partial charge in [0.2, 0.25) is 0 Å². The van der Waals surface area contributed by atoms with E-state index in [0.29, 0.717) is 34.5 Å². The van der Waals surface area contributed by atoms with Crippen molar-refractivity contribution in [2.45, 2.75) is 39.2 Å². The zero-order chi connectivity index (χ0) is 21.0. The van der Waals surface area contributed by atoms with Crippen LogP contribution >= 0.6 is 0 Å². The molecule has 0 amide bonds.